The van der Waals surface area contributed by atoms with Crippen LogP contribution in [0.3, 0.4) is 0 Å². The van der Waals surface area contributed by atoms with E-state index in [4.69, 9.17) is 0 Å². The third-order valence-electron chi connectivity index (χ3n) is 4.73. The summed E-state index contributed by atoms with van der Waals surface area (Å²) in [4.78, 5) is 0. The summed E-state index contributed by atoms with van der Waals surface area (Å²) in [6.45, 7) is 4.64. The first-order valence-corrected chi connectivity index (χ1v) is 7.74. The van der Waals surface area contributed by atoms with Crippen molar-refractivity contribution in [2.75, 3.05) is 0 Å². The predicted octanol–water partition coefficient (Wildman–Crippen LogP) is 4.58. The highest BCUT2D eigenvalue weighted by Crippen LogP contribution is 2.44. The predicted molar refractivity (Wildman–Crippen MR) is 85.5 cm³/mol. The third-order valence-corrected chi connectivity index (χ3v) is 4.73. The molecule has 1 aromatic carbocycles. The number of hydrogen-bond donors (Lipinski definition) is 0. The minimum atomic E-state index is -0.314. The van der Waals surface area contributed by atoms with Gasteiger partial charge in [-0.15, -0.1) is 0 Å². The third kappa shape index (κ3) is 2.12. The number of nitrogens with zero attached hydrogens (tertiary/aromatic N) is 2. The van der Waals surface area contributed by atoms with E-state index in [1.54, 1.807) is 6.07 Å². The highest BCUT2D eigenvalue weighted by Gasteiger charge is 2.33. The minimum absolute atomic E-state index is 0.262. The van der Waals surface area contributed by atoms with Gasteiger partial charge in [0.05, 0.1) is 11.7 Å². The summed E-state index contributed by atoms with van der Waals surface area (Å²) < 4.78 is 14.9. The summed E-state index contributed by atoms with van der Waals surface area (Å²) in [6, 6.07) is 14.0. The quantitative estimate of drug-likeness (QED) is 0.642. The van der Waals surface area contributed by atoms with Gasteiger partial charge in [0.1, 0.15) is 0 Å². The Balaban J connectivity index is 1.86. The molecule has 2 heterocycles. The van der Waals surface area contributed by atoms with E-state index in [1.807, 2.05) is 6.20 Å². The second kappa shape index (κ2) is 4.67. The van der Waals surface area contributed by atoms with Crippen molar-refractivity contribution in [2.45, 2.75) is 32.6 Å². The van der Waals surface area contributed by atoms with Gasteiger partial charge in [-0.25, -0.2) is 4.52 Å². The standard InChI is InChI=1S/C19H19FN2/c1-19(2)10-13-5-3-4-6-16(13)17(11-19)14-9-15-7-8-18(20)22(15)21-12-14/h3-9,12,17H,10-11H2,1-2H3. The molecule has 0 aliphatic heterocycles. The van der Waals surface area contributed by atoms with Gasteiger partial charge < -0.3 is 0 Å². The summed E-state index contributed by atoms with van der Waals surface area (Å²) >= 11 is 0. The van der Waals surface area contributed by atoms with Gasteiger partial charge in [-0.1, -0.05) is 38.1 Å². The maximum absolute atomic E-state index is 13.6. The van der Waals surface area contributed by atoms with Gasteiger partial charge in [0, 0.05) is 5.92 Å². The molecule has 0 spiro atoms. The van der Waals surface area contributed by atoms with Crippen LogP contribution in [-0.4, -0.2) is 9.61 Å². The number of benzene rings is 1. The average Bonchev–Trinajstić information content (AvgIpc) is 2.86. The molecule has 22 heavy (non-hydrogen) atoms. The highest BCUT2D eigenvalue weighted by molar-refractivity contribution is 5.51. The van der Waals surface area contributed by atoms with Crippen LogP contribution in [-0.2, 0) is 6.42 Å². The van der Waals surface area contributed by atoms with E-state index in [0.29, 0.717) is 5.92 Å². The van der Waals surface area contributed by atoms with Gasteiger partial charge in [-0.05, 0) is 53.1 Å². The Morgan fingerprint density at radius 1 is 1.18 bits per heavy atom. The van der Waals surface area contributed by atoms with Crippen molar-refractivity contribution in [3.8, 4) is 0 Å². The Bertz CT molecular complexity index is 848. The van der Waals surface area contributed by atoms with E-state index in [0.717, 1.165) is 18.4 Å². The molecule has 0 saturated carbocycles. The molecule has 3 heteroatoms. The first-order chi connectivity index (χ1) is 10.5. The lowest BCUT2D eigenvalue weighted by atomic mass is 9.67. The summed E-state index contributed by atoms with van der Waals surface area (Å²) in [7, 11) is 0. The lowest BCUT2D eigenvalue weighted by molar-refractivity contribution is 0.295. The first kappa shape index (κ1) is 13.5. The number of rotatable bonds is 1. The fourth-order valence-electron chi connectivity index (χ4n) is 3.76. The van der Waals surface area contributed by atoms with Crippen molar-refractivity contribution in [1.82, 2.24) is 9.61 Å². The normalized spacial score (nSPS) is 20.0. The van der Waals surface area contributed by atoms with Crippen molar-refractivity contribution in [3.63, 3.8) is 0 Å². The second-order valence-electron chi connectivity index (χ2n) is 7.08. The molecule has 112 valence electrons. The van der Waals surface area contributed by atoms with Crippen LogP contribution in [0.2, 0.25) is 0 Å². The van der Waals surface area contributed by atoms with Gasteiger partial charge in [-0.3, -0.25) is 0 Å². The van der Waals surface area contributed by atoms with Crippen LogP contribution >= 0.6 is 0 Å². The Hall–Kier alpha value is -2.16. The maximum atomic E-state index is 13.6. The molecule has 4 rings (SSSR count). The van der Waals surface area contributed by atoms with Crippen LogP contribution in [0.25, 0.3) is 5.52 Å². The van der Waals surface area contributed by atoms with Crippen LogP contribution < -0.4 is 0 Å². The lowest BCUT2D eigenvalue weighted by Gasteiger charge is -2.37. The maximum Gasteiger partial charge on any atom is 0.214 e. The van der Waals surface area contributed by atoms with Crippen molar-refractivity contribution in [1.29, 1.82) is 0 Å². The number of aromatic nitrogens is 2. The first-order valence-electron chi connectivity index (χ1n) is 7.74. The van der Waals surface area contributed by atoms with E-state index in [9.17, 15) is 4.39 Å². The summed E-state index contributed by atoms with van der Waals surface area (Å²) in [5.41, 5.74) is 5.06. The molecule has 0 bridgehead atoms. The number of fused-ring (bicyclic) bond motifs is 2. The van der Waals surface area contributed by atoms with Crippen LogP contribution in [0.15, 0.2) is 48.7 Å². The topological polar surface area (TPSA) is 17.3 Å². The molecule has 3 aromatic rings. The van der Waals surface area contributed by atoms with Crippen LogP contribution in [0, 0.1) is 11.4 Å². The van der Waals surface area contributed by atoms with Gasteiger partial charge >= 0.3 is 0 Å². The minimum Gasteiger partial charge on any atom is -0.207 e. The monoisotopic (exact) mass is 294 g/mol. The SMILES string of the molecule is CC1(C)Cc2ccccc2C(c2cnn3c(F)ccc3c2)C1. The Morgan fingerprint density at radius 2 is 2.00 bits per heavy atom. The molecule has 2 aromatic heterocycles. The van der Waals surface area contributed by atoms with Gasteiger partial charge in [0.15, 0.2) is 0 Å². The molecular weight excluding hydrogens is 275 g/mol. The molecule has 2 nitrogen and oxygen atoms in total. The van der Waals surface area contributed by atoms with Gasteiger partial charge in [0.2, 0.25) is 5.95 Å². The Kier molecular flexibility index (Phi) is 2.86. The van der Waals surface area contributed by atoms with Crippen molar-refractivity contribution in [2.24, 2.45) is 5.41 Å². The molecule has 1 unspecified atom stereocenters. The molecule has 1 aliphatic rings. The second-order valence-corrected chi connectivity index (χ2v) is 7.08. The molecule has 0 saturated heterocycles. The van der Waals surface area contributed by atoms with Crippen LogP contribution in [0.4, 0.5) is 4.39 Å². The number of halogens is 1. The van der Waals surface area contributed by atoms with E-state index in [2.05, 4.69) is 49.3 Å². The summed E-state index contributed by atoms with van der Waals surface area (Å²) in [5, 5.41) is 4.28. The zero-order valence-electron chi connectivity index (χ0n) is 12.9. The lowest BCUT2D eigenvalue weighted by Crippen LogP contribution is -2.26. The van der Waals surface area contributed by atoms with E-state index >= 15 is 0 Å². The van der Waals surface area contributed by atoms with Crippen molar-refractivity contribution < 1.29 is 4.39 Å². The van der Waals surface area contributed by atoms with E-state index < -0.39 is 0 Å². The van der Waals surface area contributed by atoms with E-state index in [-0.39, 0.29) is 11.4 Å². The van der Waals surface area contributed by atoms with Crippen LogP contribution in [0.1, 0.15) is 42.9 Å². The number of hydrogen-bond acceptors (Lipinski definition) is 1. The Labute approximate surface area is 129 Å². The molecule has 1 aliphatic carbocycles. The zero-order valence-corrected chi connectivity index (χ0v) is 12.9. The fourth-order valence-corrected chi connectivity index (χ4v) is 3.76. The molecule has 0 radical (unpaired) electrons. The largest absolute Gasteiger partial charge is 0.214 e. The summed E-state index contributed by atoms with van der Waals surface area (Å²) in [5.74, 6) is 0.0151. The fraction of sp³-hybridized carbons (Fsp3) is 0.316. The Morgan fingerprint density at radius 3 is 2.86 bits per heavy atom. The van der Waals surface area contributed by atoms with Gasteiger partial charge in [0.25, 0.3) is 0 Å². The van der Waals surface area contributed by atoms with Crippen molar-refractivity contribution >= 4 is 5.52 Å². The van der Waals surface area contributed by atoms with Crippen LogP contribution in [0.5, 0.6) is 0 Å². The molecular formula is C19H19FN2. The van der Waals surface area contributed by atoms with Gasteiger partial charge in [-0.2, -0.15) is 9.49 Å². The highest BCUT2D eigenvalue weighted by atomic mass is 19.1. The smallest absolute Gasteiger partial charge is 0.207 e. The molecule has 0 fully saturated rings. The summed E-state index contributed by atoms with van der Waals surface area (Å²) in [6.07, 6.45) is 4.01. The molecule has 0 amide bonds. The molecule has 0 N–H and O–H groups in total. The zero-order chi connectivity index (χ0) is 15.3. The van der Waals surface area contributed by atoms with Crippen molar-refractivity contribution in [3.05, 3.63) is 71.3 Å². The molecule has 1 atom stereocenters. The van der Waals surface area contributed by atoms with E-state index in [1.165, 1.54) is 27.3 Å². The average molecular weight is 294 g/mol.